The summed E-state index contributed by atoms with van der Waals surface area (Å²) >= 11 is 0. The molecular weight excluding hydrogens is 635 g/mol. The molecule has 0 radical (unpaired) electrons. The topological polar surface area (TPSA) is 21.7 Å². The van der Waals surface area contributed by atoms with Gasteiger partial charge in [0.15, 0.2) is 0 Å². The average molecular weight is 680 g/mol. The van der Waals surface area contributed by atoms with Crippen molar-refractivity contribution in [3.05, 3.63) is 180 Å². The quantitative estimate of drug-likeness (QED) is 0.257. The summed E-state index contributed by atoms with van der Waals surface area (Å²) in [6.45, 7) is 0. The molecule has 9 atom stereocenters. The standard InChI is InChI=1S/C49H45NO2/c1-3-16-32(17-4-1)34-21-13-26-40-47(34)51-44-30-11-8-24-38(44)49(40)39-25-9-12-31-45(39)52-48-36(23-14-27-41(48)49)35-22-15-29-43-46(35)37-20-7-10-28-42(37)50(43)33-18-5-2-6-19-33/h1-7,9,11-22,25-27,29-30,36-37,41-43,45-46,48H,8,10,23-24,28,31H2/t36?,37?,41?,42?,43?,45?,46?,48?,49-/m0/s1. The van der Waals surface area contributed by atoms with E-state index in [2.05, 4.69) is 157 Å². The van der Waals surface area contributed by atoms with Gasteiger partial charge in [0.05, 0.1) is 23.7 Å². The first-order valence-electron chi connectivity index (χ1n) is 19.7. The maximum Gasteiger partial charge on any atom is 0.139 e. The van der Waals surface area contributed by atoms with Crippen LogP contribution in [0.25, 0.3) is 11.1 Å². The van der Waals surface area contributed by atoms with E-state index in [9.17, 15) is 0 Å². The summed E-state index contributed by atoms with van der Waals surface area (Å²) in [6.07, 6.45) is 35.4. The Bertz CT molecular complexity index is 2160. The number of benzene rings is 3. The van der Waals surface area contributed by atoms with E-state index in [0.717, 1.165) is 49.2 Å². The third-order valence-corrected chi connectivity index (χ3v) is 13.6. The van der Waals surface area contributed by atoms with Crippen LogP contribution in [0.1, 0.15) is 44.1 Å². The van der Waals surface area contributed by atoms with Crippen molar-refractivity contribution in [3.63, 3.8) is 0 Å². The molecule has 258 valence electrons. The minimum absolute atomic E-state index is 0.0217. The Hall–Kier alpha value is -4.86. The summed E-state index contributed by atoms with van der Waals surface area (Å²) in [4.78, 5) is 2.76. The molecule has 11 rings (SSSR count). The smallest absolute Gasteiger partial charge is 0.139 e. The predicted octanol–water partition coefficient (Wildman–Crippen LogP) is 10.8. The van der Waals surface area contributed by atoms with Gasteiger partial charge in [-0.2, -0.15) is 0 Å². The van der Waals surface area contributed by atoms with E-state index in [-0.39, 0.29) is 29.5 Å². The molecule has 52 heavy (non-hydrogen) atoms. The first kappa shape index (κ1) is 30.7. The van der Waals surface area contributed by atoms with Gasteiger partial charge < -0.3 is 14.4 Å². The van der Waals surface area contributed by atoms with Gasteiger partial charge in [-0.25, -0.2) is 0 Å². The molecule has 5 aliphatic carbocycles. The van der Waals surface area contributed by atoms with Crippen molar-refractivity contribution in [2.45, 2.75) is 68.2 Å². The highest BCUT2D eigenvalue weighted by Gasteiger charge is 2.61. The molecule has 0 amide bonds. The Morgan fingerprint density at radius 3 is 2.54 bits per heavy atom. The lowest BCUT2D eigenvalue weighted by Crippen LogP contribution is -2.58. The molecule has 2 saturated heterocycles. The molecule has 0 saturated carbocycles. The predicted molar refractivity (Wildman–Crippen MR) is 210 cm³/mol. The molecular formula is C49H45NO2. The largest absolute Gasteiger partial charge is 0.456 e. The van der Waals surface area contributed by atoms with Crippen LogP contribution >= 0.6 is 0 Å². The van der Waals surface area contributed by atoms with Gasteiger partial charge >= 0.3 is 0 Å². The third-order valence-electron chi connectivity index (χ3n) is 13.6. The van der Waals surface area contributed by atoms with Crippen LogP contribution in [0.15, 0.2) is 174 Å². The van der Waals surface area contributed by atoms with E-state index >= 15 is 0 Å². The minimum atomic E-state index is -0.352. The molecule has 3 aromatic rings. The Labute approximate surface area is 307 Å². The first-order chi connectivity index (χ1) is 25.8. The lowest BCUT2D eigenvalue weighted by atomic mass is 9.51. The molecule has 3 aliphatic heterocycles. The number of nitrogens with zero attached hydrogens (tertiary/aromatic N) is 1. The van der Waals surface area contributed by atoms with E-state index in [1.165, 1.54) is 34.4 Å². The average Bonchev–Trinajstić information content (AvgIpc) is 3.56. The van der Waals surface area contributed by atoms with Crippen molar-refractivity contribution in [1.29, 1.82) is 0 Å². The molecule has 3 heterocycles. The fourth-order valence-corrected chi connectivity index (χ4v) is 11.7. The Balaban J connectivity index is 1.08. The number of rotatable bonds is 3. The van der Waals surface area contributed by atoms with Crippen molar-refractivity contribution in [1.82, 2.24) is 0 Å². The molecule has 8 aliphatic rings. The van der Waals surface area contributed by atoms with Crippen LogP contribution in [0, 0.1) is 23.7 Å². The molecule has 3 heteroatoms. The second kappa shape index (κ2) is 12.1. The van der Waals surface area contributed by atoms with Gasteiger partial charge in [-0.15, -0.1) is 0 Å². The molecule has 0 bridgehead atoms. The van der Waals surface area contributed by atoms with Gasteiger partial charge in [0.1, 0.15) is 11.5 Å². The number of hydrogen-bond acceptors (Lipinski definition) is 3. The van der Waals surface area contributed by atoms with E-state index < -0.39 is 0 Å². The van der Waals surface area contributed by atoms with Crippen LogP contribution in [0.3, 0.4) is 0 Å². The normalized spacial score (nSPS) is 34.7. The summed E-state index contributed by atoms with van der Waals surface area (Å²) in [5.41, 5.74) is 9.08. The van der Waals surface area contributed by atoms with Crippen molar-refractivity contribution in [3.8, 4) is 16.9 Å². The van der Waals surface area contributed by atoms with Gasteiger partial charge in [0.2, 0.25) is 0 Å². The SMILES string of the molecule is C1=CCC2OC3C(C4=CC=CC5C4C4C=CCCC4N5c4ccccc4)CC=CC3[C@]3(C2=C1)C1=C(C=CCC1)Oc1c(-c2ccccc2)cccc13. The number of ether oxygens (including phenoxy) is 2. The maximum absolute atomic E-state index is 7.54. The first-order valence-corrected chi connectivity index (χ1v) is 19.7. The summed E-state index contributed by atoms with van der Waals surface area (Å²) in [5, 5.41) is 0. The molecule has 2 fully saturated rings. The molecule has 0 N–H and O–H groups in total. The Morgan fingerprint density at radius 1 is 0.750 bits per heavy atom. The van der Waals surface area contributed by atoms with Gasteiger partial charge in [-0.05, 0) is 73.4 Å². The van der Waals surface area contributed by atoms with Crippen molar-refractivity contribution in [2.75, 3.05) is 4.90 Å². The lowest BCUT2D eigenvalue weighted by Gasteiger charge is -2.58. The van der Waals surface area contributed by atoms with E-state index in [4.69, 9.17) is 9.47 Å². The van der Waals surface area contributed by atoms with Crippen molar-refractivity contribution < 1.29 is 9.47 Å². The number of anilines is 1. The zero-order valence-electron chi connectivity index (χ0n) is 29.6. The van der Waals surface area contributed by atoms with Crippen LogP contribution in [0.4, 0.5) is 5.69 Å². The highest BCUT2D eigenvalue weighted by atomic mass is 16.5. The number of fused-ring (bicyclic) bond motifs is 10. The Morgan fingerprint density at radius 2 is 1.63 bits per heavy atom. The highest BCUT2D eigenvalue weighted by Crippen LogP contribution is 2.64. The second-order valence-electron chi connectivity index (χ2n) is 15.9. The van der Waals surface area contributed by atoms with Crippen molar-refractivity contribution >= 4 is 5.69 Å². The Kier molecular flexibility index (Phi) is 7.15. The summed E-state index contributed by atoms with van der Waals surface area (Å²) < 4.78 is 14.6. The van der Waals surface area contributed by atoms with Crippen LogP contribution in [0.2, 0.25) is 0 Å². The molecule has 3 aromatic carbocycles. The van der Waals surface area contributed by atoms with Gasteiger partial charge in [-0.3, -0.25) is 0 Å². The second-order valence-corrected chi connectivity index (χ2v) is 15.9. The van der Waals surface area contributed by atoms with Crippen molar-refractivity contribution in [2.24, 2.45) is 23.7 Å². The zero-order chi connectivity index (χ0) is 34.2. The molecule has 0 aromatic heterocycles. The maximum atomic E-state index is 7.54. The number of hydrogen-bond donors (Lipinski definition) is 0. The fourth-order valence-electron chi connectivity index (χ4n) is 11.7. The fraction of sp³-hybridized carbons (Fsp3) is 0.306. The lowest BCUT2D eigenvalue weighted by molar-refractivity contribution is -0.0907. The van der Waals surface area contributed by atoms with E-state index in [0.29, 0.717) is 23.9 Å². The monoisotopic (exact) mass is 679 g/mol. The zero-order valence-corrected chi connectivity index (χ0v) is 29.6. The van der Waals surface area contributed by atoms with Gasteiger partial charge in [0, 0.05) is 46.5 Å². The third kappa shape index (κ3) is 4.35. The summed E-state index contributed by atoms with van der Waals surface area (Å²) in [7, 11) is 0. The van der Waals surface area contributed by atoms with Gasteiger partial charge in [-0.1, -0.05) is 139 Å². The molecule has 1 spiro atoms. The minimum Gasteiger partial charge on any atom is -0.456 e. The summed E-state index contributed by atoms with van der Waals surface area (Å²) in [6, 6.07) is 29.7. The number of allylic oxidation sites excluding steroid dienone is 9. The van der Waals surface area contributed by atoms with Crippen LogP contribution < -0.4 is 9.64 Å². The highest BCUT2D eigenvalue weighted by molar-refractivity contribution is 5.77. The van der Waals surface area contributed by atoms with Crippen LogP contribution in [-0.2, 0) is 10.2 Å². The van der Waals surface area contributed by atoms with Crippen LogP contribution in [-0.4, -0.2) is 24.3 Å². The molecule has 8 unspecified atom stereocenters. The van der Waals surface area contributed by atoms with Gasteiger partial charge in [0.25, 0.3) is 0 Å². The van der Waals surface area contributed by atoms with E-state index in [1.807, 2.05) is 0 Å². The molecule has 3 nitrogen and oxygen atoms in total. The number of para-hydroxylation sites is 2. The summed E-state index contributed by atoms with van der Waals surface area (Å²) in [5.74, 6) is 3.38. The van der Waals surface area contributed by atoms with E-state index in [1.54, 1.807) is 5.57 Å². The van der Waals surface area contributed by atoms with Crippen LogP contribution in [0.5, 0.6) is 5.75 Å².